The topological polar surface area (TPSA) is 115 Å². The van der Waals surface area contributed by atoms with Crippen LogP contribution in [0.3, 0.4) is 0 Å². The van der Waals surface area contributed by atoms with Crippen molar-refractivity contribution in [2.45, 2.75) is 13.8 Å². The van der Waals surface area contributed by atoms with Crippen molar-refractivity contribution < 1.29 is 19.6 Å². The number of halogens is 1. The average Bonchev–Trinajstić information content (AvgIpc) is 2.63. The SMILES string of the molecule is CCOC(=O)c1cnc2c(C)cc(Cl)cc2c1Nc1cc([N+](=O)[O-])ccc1O. The second-order valence-electron chi connectivity index (χ2n) is 5.97. The largest absolute Gasteiger partial charge is 0.506 e. The van der Waals surface area contributed by atoms with Crippen LogP contribution in [0.25, 0.3) is 10.9 Å². The van der Waals surface area contributed by atoms with Crippen LogP contribution in [-0.4, -0.2) is 27.6 Å². The molecule has 0 spiro atoms. The third-order valence-electron chi connectivity index (χ3n) is 4.07. The first-order chi connectivity index (χ1) is 13.3. The number of aromatic hydroxyl groups is 1. The molecular weight excluding hydrogens is 386 g/mol. The summed E-state index contributed by atoms with van der Waals surface area (Å²) in [6, 6.07) is 6.91. The molecule has 8 nitrogen and oxygen atoms in total. The minimum absolute atomic E-state index is 0.0601. The number of nitrogens with one attached hydrogen (secondary N) is 1. The number of carbonyl (C=O) groups excluding carboxylic acids is 1. The molecule has 28 heavy (non-hydrogen) atoms. The molecule has 0 fully saturated rings. The lowest BCUT2D eigenvalue weighted by Crippen LogP contribution is -2.09. The van der Waals surface area contributed by atoms with E-state index in [-0.39, 0.29) is 35.0 Å². The Hall–Kier alpha value is -3.39. The van der Waals surface area contributed by atoms with Gasteiger partial charge < -0.3 is 15.2 Å². The lowest BCUT2D eigenvalue weighted by molar-refractivity contribution is -0.384. The number of nitro benzene ring substituents is 1. The second kappa shape index (κ2) is 7.69. The van der Waals surface area contributed by atoms with E-state index in [0.29, 0.717) is 15.9 Å². The lowest BCUT2D eigenvalue weighted by Gasteiger charge is -2.16. The highest BCUT2D eigenvalue weighted by Gasteiger charge is 2.20. The molecule has 2 N–H and O–H groups in total. The number of ether oxygens (including phenoxy) is 1. The maximum Gasteiger partial charge on any atom is 0.341 e. The third-order valence-corrected chi connectivity index (χ3v) is 4.29. The van der Waals surface area contributed by atoms with E-state index in [2.05, 4.69) is 10.3 Å². The molecule has 2 aromatic carbocycles. The van der Waals surface area contributed by atoms with Crippen LogP contribution >= 0.6 is 11.6 Å². The van der Waals surface area contributed by atoms with Gasteiger partial charge in [-0.2, -0.15) is 0 Å². The number of phenolic OH excluding ortho intramolecular Hbond substituents is 1. The van der Waals surface area contributed by atoms with Gasteiger partial charge in [-0.05, 0) is 37.6 Å². The number of rotatable bonds is 5. The summed E-state index contributed by atoms with van der Waals surface area (Å²) in [5.41, 5.74) is 1.61. The lowest BCUT2D eigenvalue weighted by atomic mass is 10.1. The van der Waals surface area contributed by atoms with Gasteiger partial charge in [0.25, 0.3) is 5.69 Å². The number of phenols is 1. The first-order valence-electron chi connectivity index (χ1n) is 8.32. The zero-order chi connectivity index (χ0) is 20.4. The van der Waals surface area contributed by atoms with Crippen LogP contribution in [0.2, 0.25) is 5.02 Å². The van der Waals surface area contributed by atoms with Crippen molar-refractivity contribution in [1.29, 1.82) is 0 Å². The highest BCUT2D eigenvalue weighted by molar-refractivity contribution is 6.31. The molecule has 0 radical (unpaired) electrons. The normalized spacial score (nSPS) is 10.7. The van der Waals surface area contributed by atoms with Gasteiger partial charge in [-0.15, -0.1) is 0 Å². The highest BCUT2D eigenvalue weighted by atomic mass is 35.5. The van der Waals surface area contributed by atoms with Gasteiger partial charge in [0, 0.05) is 28.7 Å². The van der Waals surface area contributed by atoms with Crippen molar-refractivity contribution >= 4 is 45.5 Å². The Morgan fingerprint density at radius 3 is 2.79 bits per heavy atom. The van der Waals surface area contributed by atoms with E-state index in [9.17, 15) is 20.0 Å². The van der Waals surface area contributed by atoms with Crippen LogP contribution < -0.4 is 5.32 Å². The van der Waals surface area contributed by atoms with Gasteiger partial charge in [-0.1, -0.05) is 11.6 Å². The molecule has 144 valence electrons. The van der Waals surface area contributed by atoms with Gasteiger partial charge in [0.15, 0.2) is 0 Å². The Morgan fingerprint density at radius 2 is 2.11 bits per heavy atom. The predicted octanol–water partition coefficient (Wildman–Crippen LogP) is 4.73. The van der Waals surface area contributed by atoms with Gasteiger partial charge in [0.1, 0.15) is 11.3 Å². The van der Waals surface area contributed by atoms with Crippen molar-refractivity contribution in [3.05, 3.63) is 62.8 Å². The predicted molar refractivity (Wildman–Crippen MR) is 105 cm³/mol. The zero-order valence-corrected chi connectivity index (χ0v) is 15.8. The first kappa shape index (κ1) is 19.4. The molecule has 0 aliphatic rings. The van der Waals surface area contributed by atoms with Crippen LogP contribution in [0.5, 0.6) is 5.75 Å². The van der Waals surface area contributed by atoms with E-state index in [1.165, 1.54) is 24.4 Å². The summed E-state index contributed by atoms with van der Waals surface area (Å²) < 4.78 is 5.09. The average molecular weight is 402 g/mol. The maximum atomic E-state index is 12.4. The fraction of sp³-hybridized carbons (Fsp3) is 0.158. The van der Waals surface area contributed by atoms with Crippen LogP contribution in [0.1, 0.15) is 22.8 Å². The molecular formula is C19H16ClN3O5. The Bertz CT molecular complexity index is 1100. The highest BCUT2D eigenvalue weighted by Crippen LogP contribution is 2.37. The first-order valence-corrected chi connectivity index (χ1v) is 8.70. The Kier molecular flexibility index (Phi) is 5.32. The standard InChI is InChI=1S/C19H16ClN3O5/c1-3-28-19(25)14-9-21-17-10(2)6-11(20)7-13(17)18(14)22-15-8-12(23(26)27)4-5-16(15)24/h4-9,24H,3H2,1-2H3,(H,21,22). The minimum atomic E-state index is -0.623. The van der Waals surface area contributed by atoms with Crippen LogP contribution in [0, 0.1) is 17.0 Å². The molecule has 0 unspecified atom stereocenters. The minimum Gasteiger partial charge on any atom is -0.506 e. The number of esters is 1. The molecule has 3 aromatic rings. The van der Waals surface area contributed by atoms with Crippen molar-refractivity contribution in [3.8, 4) is 5.75 Å². The number of pyridine rings is 1. The molecule has 0 atom stereocenters. The Labute approximate surface area is 164 Å². The number of benzene rings is 2. The van der Waals surface area contributed by atoms with Crippen LogP contribution in [0.15, 0.2) is 36.5 Å². The van der Waals surface area contributed by atoms with Crippen molar-refractivity contribution in [2.24, 2.45) is 0 Å². The zero-order valence-electron chi connectivity index (χ0n) is 15.0. The number of anilines is 2. The van der Waals surface area contributed by atoms with Gasteiger partial charge in [0.2, 0.25) is 0 Å². The van der Waals surface area contributed by atoms with E-state index < -0.39 is 10.9 Å². The number of aryl methyl sites for hydroxylation is 1. The van der Waals surface area contributed by atoms with Gasteiger partial charge in [-0.25, -0.2) is 4.79 Å². The molecule has 0 aliphatic carbocycles. The van der Waals surface area contributed by atoms with Crippen molar-refractivity contribution in [2.75, 3.05) is 11.9 Å². The van der Waals surface area contributed by atoms with E-state index >= 15 is 0 Å². The number of nitro groups is 1. The van der Waals surface area contributed by atoms with Gasteiger partial charge >= 0.3 is 5.97 Å². The summed E-state index contributed by atoms with van der Waals surface area (Å²) in [6.07, 6.45) is 1.36. The molecule has 0 aliphatic heterocycles. The summed E-state index contributed by atoms with van der Waals surface area (Å²) in [6.45, 7) is 3.65. The Morgan fingerprint density at radius 1 is 1.36 bits per heavy atom. The molecule has 1 heterocycles. The van der Waals surface area contributed by atoms with E-state index in [1.54, 1.807) is 19.1 Å². The van der Waals surface area contributed by atoms with Crippen LogP contribution in [0.4, 0.5) is 17.1 Å². The van der Waals surface area contributed by atoms with E-state index in [0.717, 1.165) is 5.56 Å². The van der Waals surface area contributed by atoms with E-state index in [1.807, 2.05) is 6.92 Å². The Balaban J connectivity index is 2.25. The van der Waals surface area contributed by atoms with Gasteiger partial charge in [-0.3, -0.25) is 15.1 Å². The fourth-order valence-electron chi connectivity index (χ4n) is 2.81. The molecule has 0 saturated heterocycles. The number of fused-ring (bicyclic) bond motifs is 1. The third kappa shape index (κ3) is 3.67. The number of hydrogen-bond acceptors (Lipinski definition) is 7. The molecule has 0 saturated carbocycles. The number of nitrogens with zero attached hydrogens (tertiary/aromatic N) is 2. The summed E-state index contributed by atoms with van der Waals surface area (Å²) in [4.78, 5) is 27.2. The molecule has 0 amide bonds. The number of hydrogen-bond donors (Lipinski definition) is 2. The van der Waals surface area contributed by atoms with Crippen molar-refractivity contribution in [1.82, 2.24) is 4.98 Å². The van der Waals surface area contributed by atoms with Crippen LogP contribution in [-0.2, 0) is 4.74 Å². The summed E-state index contributed by atoms with van der Waals surface area (Å²) in [7, 11) is 0. The summed E-state index contributed by atoms with van der Waals surface area (Å²) in [5, 5.41) is 25.1. The quantitative estimate of drug-likeness (QED) is 0.275. The second-order valence-corrected chi connectivity index (χ2v) is 6.41. The number of aromatic nitrogens is 1. The molecule has 3 rings (SSSR count). The number of carbonyl (C=O) groups is 1. The molecule has 9 heteroatoms. The van der Waals surface area contributed by atoms with Gasteiger partial charge in [0.05, 0.1) is 28.4 Å². The van der Waals surface area contributed by atoms with E-state index in [4.69, 9.17) is 16.3 Å². The number of non-ortho nitro benzene ring substituents is 1. The smallest absolute Gasteiger partial charge is 0.341 e. The molecule has 1 aromatic heterocycles. The fourth-order valence-corrected chi connectivity index (χ4v) is 3.08. The molecule has 0 bridgehead atoms. The summed E-state index contributed by atoms with van der Waals surface area (Å²) >= 11 is 6.18. The maximum absolute atomic E-state index is 12.4. The summed E-state index contributed by atoms with van der Waals surface area (Å²) in [5.74, 6) is -0.842. The van der Waals surface area contributed by atoms with Crippen molar-refractivity contribution in [3.63, 3.8) is 0 Å². The monoisotopic (exact) mass is 401 g/mol.